The molecule has 26 nitrogen and oxygen atoms in total. The number of hydrogen-bond donors (Lipinski definition) is 11. The van der Waals surface area contributed by atoms with Gasteiger partial charge in [-0.05, 0) is 42.3 Å². The highest BCUT2D eigenvalue weighted by Crippen LogP contribution is 2.43. The number of Topliss-reactive ketones (excluding diaryl/α,β-unsaturated/α-hetero) is 1. The van der Waals surface area contributed by atoms with Crippen molar-refractivity contribution < 1.29 is 69.2 Å². The van der Waals surface area contributed by atoms with E-state index in [1.807, 2.05) is 0 Å². The van der Waals surface area contributed by atoms with Crippen molar-refractivity contribution in [3.8, 4) is 49.1 Å². The van der Waals surface area contributed by atoms with E-state index < -0.39 is 115 Å². The van der Waals surface area contributed by atoms with Crippen LogP contribution >= 0.6 is 68.0 Å². The van der Waals surface area contributed by atoms with Gasteiger partial charge in [-0.3, -0.25) is 28.8 Å². The number of nitrogens with one attached hydrogen (secondary N) is 3. The molecule has 2 aromatic carbocycles. The summed E-state index contributed by atoms with van der Waals surface area (Å²) < 4.78 is 5.21. The van der Waals surface area contributed by atoms with Gasteiger partial charge < -0.3 is 67.1 Å². The molecule has 3 aliphatic heterocycles. The number of aryl methyl sites for hydroxylation is 1. The van der Waals surface area contributed by atoms with Gasteiger partial charge in [0.05, 0.1) is 41.4 Å². The average molecular weight is 1360 g/mol. The van der Waals surface area contributed by atoms with E-state index in [4.69, 9.17) is 30.4 Å². The molecule has 10 heterocycles. The molecule has 12 atom stereocenters. The van der Waals surface area contributed by atoms with Crippen LogP contribution in [0, 0.1) is 12.8 Å². The zero-order chi connectivity index (χ0) is 64.8. The second kappa shape index (κ2) is 26.9. The van der Waals surface area contributed by atoms with Gasteiger partial charge in [0.15, 0.2) is 12.1 Å². The van der Waals surface area contributed by atoms with Crippen molar-refractivity contribution in [1.29, 1.82) is 0 Å². The van der Waals surface area contributed by atoms with Gasteiger partial charge in [-0.1, -0.05) is 49.4 Å². The Hall–Kier alpha value is -8.09. The van der Waals surface area contributed by atoms with E-state index in [1.165, 1.54) is 55.8 Å². The molecule has 92 heavy (non-hydrogen) atoms. The van der Waals surface area contributed by atoms with Gasteiger partial charge in [0.1, 0.15) is 101 Å². The third kappa shape index (κ3) is 13.3. The minimum absolute atomic E-state index is 0.000742. The number of primary amides is 1. The highest BCUT2D eigenvalue weighted by Gasteiger charge is 2.46. The Morgan fingerprint density at radius 3 is 2.11 bits per heavy atom. The summed E-state index contributed by atoms with van der Waals surface area (Å²) in [5, 5.41) is 92.5. The summed E-state index contributed by atoms with van der Waals surface area (Å²) in [5.41, 5.74) is 8.35. The van der Waals surface area contributed by atoms with E-state index in [2.05, 4.69) is 30.9 Å². The maximum atomic E-state index is 15.2. The Labute approximate surface area is 546 Å². The van der Waals surface area contributed by atoms with Gasteiger partial charge >= 0.3 is 0 Å². The lowest BCUT2D eigenvalue weighted by molar-refractivity contribution is -0.279. The molecule has 3 aliphatic rings. The smallest absolute Gasteiger partial charge is 0.271 e. The summed E-state index contributed by atoms with van der Waals surface area (Å²) in [7, 11) is 0. The molecule has 12 rings (SSSR count). The Bertz CT molecular complexity index is 4250. The topological polar surface area (TPSA) is 409 Å². The molecule has 10 bridgehead atoms. The summed E-state index contributed by atoms with van der Waals surface area (Å²) in [6.45, 7) is 2.98. The summed E-state index contributed by atoms with van der Waals surface area (Å²) in [6, 6.07) is 14.9. The molecule has 476 valence electrons. The zero-order valence-electron chi connectivity index (χ0n) is 48.3. The molecular formula is C60H56N12O14S6. The van der Waals surface area contributed by atoms with Gasteiger partial charge in [-0.2, -0.15) is 0 Å². The molecule has 32 heteroatoms. The SMILES string of the molecule is Cc1sc2nc1C(=O)C[C@@H]([C@H](O)c1ccccc1)c1nc(cs1)C(=O)N[C@@H](Cc1ccc(O)cc1)C(=O)N1C[C@H](O)[C@H](C)[C@H]1c1nc(cs1)-c1nc(cs1)-c1nc(-c3nc(C(=O)NC[C@@H]4OC(O)[C@@H](O)[C@H](O)[C@H]4O)cs3)ccc1-c1nc(cs1)C(=O)N[C@H]2CC(N)=O. The van der Waals surface area contributed by atoms with Crippen LogP contribution in [-0.4, -0.2) is 167 Å². The standard InChI is InChI=1S/C60H56N12O14S6/c1-24-40(75)18-72-45(24)58-70-38(23-91-58)56-66-34(19-89-56)44-29(12-13-31(63-44)55-69-35(20-90-55)50(81)62-17-41-47(78)48(79)49(80)60(85)86-41)53-67-36(21-87-53)51(82)64-32(16-42(61)76)57-71-43(25(2)92-57)39(74)15-30(46(77)27-6-4-3-5-7-27)54-68-37(22-88-54)52(83)65-33(59(72)84)14-26-8-10-28(73)11-9-26/h3-13,19-24,30,32-33,40-41,45-49,60,73,75,77-80,85H,14-18H2,1-2H3,(H2,61,76)(H,62,81)(H,64,82)(H,65,83)/t24-,30-,32-,33-,40-,41-,45-,46+,47-,48+,49-,60?/m0/s1. The van der Waals surface area contributed by atoms with Crippen LogP contribution in [0.3, 0.4) is 0 Å². The number of ether oxygens (including phenoxy) is 1. The number of aromatic hydroxyl groups is 1. The molecule has 0 saturated carbocycles. The number of fused-ring (bicyclic) bond motifs is 16. The van der Waals surface area contributed by atoms with Gasteiger partial charge in [-0.15, -0.1) is 68.0 Å². The number of rotatable bonds is 10. The lowest BCUT2D eigenvalue weighted by Gasteiger charge is -2.38. The van der Waals surface area contributed by atoms with E-state index in [0.717, 1.165) is 45.3 Å². The quantitative estimate of drug-likeness (QED) is 0.0883. The molecule has 7 aromatic heterocycles. The molecular weight excluding hydrogens is 1310 g/mol. The van der Waals surface area contributed by atoms with Crippen LogP contribution in [0.5, 0.6) is 5.75 Å². The van der Waals surface area contributed by atoms with Crippen LogP contribution in [0.2, 0.25) is 0 Å². The van der Waals surface area contributed by atoms with Crippen LogP contribution < -0.4 is 21.7 Å². The predicted molar refractivity (Wildman–Crippen MR) is 339 cm³/mol. The first-order valence-corrected chi connectivity index (χ1v) is 33.7. The number of aromatic nitrogens is 7. The number of ketones is 1. The number of pyridine rings is 1. The molecule has 12 N–H and O–H groups in total. The summed E-state index contributed by atoms with van der Waals surface area (Å²) in [5.74, 6) is -5.59. The van der Waals surface area contributed by atoms with Crippen molar-refractivity contribution in [3.05, 3.63) is 147 Å². The summed E-state index contributed by atoms with van der Waals surface area (Å²) >= 11 is 6.75. The predicted octanol–water partition coefficient (Wildman–Crippen LogP) is 4.70. The van der Waals surface area contributed by atoms with Crippen LogP contribution in [-0.2, 0) is 20.7 Å². The first-order chi connectivity index (χ1) is 44.2. The maximum Gasteiger partial charge on any atom is 0.271 e. The first-order valence-electron chi connectivity index (χ1n) is 28.5. The van der Waals surface area contributed by atoms with E-state index in [1.54, 1.807) is 79.2 Å². The Morgan fingerprint density at radius 1 is 0.696 bits per heavy atom. The number of hydrogen-bond acceptors (Lipinski definition) is 27. The molecule has 2 saturated heterocycles. The van der Waals surface area contributed by atoms with Crippen molar-refractivity contribution in [2.45, 2.75) is 100 Å². The Morgan fingerprint density at radius 2 is 1.35 bits per heavy atom. The highest BCUT2D eigenvalue weighted by atomic mass is 32.1. The first kappa shape index (κ1) is 64.0. The number of amides is 5. The molecule has 9 aromatic rings. The monoisotopic (exact) mass is 1360 g/mol. The zero-order valence-corrected chi connectivity index (χ0v) is 53.2. The second-order valence-corrected chi connectivity index (χ2v) is 27.7. The number of carbonyl (C=O) groups excluding carboxylic acids is 6. The lowest BCUT2D eigenvalue weighted by Crippen LogP contribution is -2.60. The number of thiazole rings is 6. The van der Waals surface area contributed by atoms with Crippen LogP contribution in [0.1, 0.15) is 117 Å². The molecule has 5 amide bonds. The molecule has 0 spiro atoms. The van der Waals surface area contributed by atoms with Crippen molar-refractivity contribution >= 4 is 103 Å². The summed E-state index contributed by atoms with van der Waals surface area (Å²) in [4.78, 5) is 120. The Kier molecular flexibility index (Phi) is 18.7. The number of carbonyl (C=O) groups is 6. The number of nitrogens with two attached hydrogens (primary N) is 1. The summed E-state index contributed by atoms with van der Waals surface area (Å²) in [6.07, 6.45) is -11.3. The Balaban J connectivity index is 0.925. The van der Waals surface area contributed by atoms with Crippen LogP contribution in [0.4, 0.5) is 0 Å². The van der Waals surface area contributed by atoms with Gasteiger partial charge in [0, 0.05) is 75.1 Å². The third-order valence-corrected chi connectivity index (χ3v) is 21.5. The van der Waals surface area contributed by atoms with Gasteiger partial charge in [0.25, 0.3) is 17.7 Å². The number of aliphatic hydroxyl groups is 6. The fraction of sp³-hybridized carbons (Fsp3) is 0.317. The van der Waals surface area contributed by atoms with Crippen molar-refractivity contribution in [3.63, 3.8) is 0 Å². The average Bonchev–Trinajstić information content (AvgIpc) is 1.62. The van der Waals surface area contributed by atoms with Gasteiger partial charge in [-0.25, -0.2) is 34.9 Å². The van der Waals surface area contributed by atoms with E-state index in [0.29, 0.717) is 58.7 Å². The number of benzene rings is 2. The van der Waals surface area contributed by atoms with Crippen molar-refractivity contribution in [1.82, 2.24) is 55.7 Å². The minimum atomic E-state index is -1.81. The molecule has 0 aliphatic carbocycles. The van der Waals surface area contributed by atoms with Crippen LogP contribution in [0.25, 0.3) is 43.4 Å². The van der Waals surface area contributed by atoms with E-state index >= 15 is 4.79 Å². The normalized spacial score (nSPS) is 24.1. The fourth-order valence-electron chi connectivity index (χ4n) is 10.9. The fourth-order valence-corrected chi connectivity index (χ4v) is 16.3. The maximum absolute atomic E-state index is 15.2. The molecule has 2 fully saturated rings. The lowest BCUT2D eigenvalue weighted by atomic mass is 9.90. The minimum Gasteiger partial charge on any atom is -0.508 e. The van der Waals surface area contributed by atoms with Crippen molar-refractivity contribution in [2.24, 2.45) is 11.7 Å². The molecule has 0 radical (unpaired) electrons. The van der Waals surface area contributed by atoms with Crippen molar-refractivity contribution in [2.75, 3.05) is 13.1 Å². The van der Waals surface area contributed by atoms with E-state index in [9.17, 15) is 59.7 Å². The number of phenols is 1. The third-order valence-electron chi connectivity index (χ3n) is 15.9. The second-order valence-electron chi connectivity index (χ2n) is 22.1. The molecule has 1 unspecified atom stereocenters. The number of phenolic OH excluding ortho intramolecular Hbond substituents is 1. The number of nitrogens with zero attached hydrogens (tertiary/aromatic N) is 8. The van der Waals surface area contributed by atoms with Crippen LogP contribution in [0.15, 0.2) is 93.6 Å². The van der Waals surface area contributed by atoms with Gasteiger partial charge in [0.2, 0.25) is 11.8 Å². The largest absolute Gasteiger partial charge is 0.508 e. The highest BCUT2D eigenvalue weighted by molar-refractivity contribution is 7.15. The van der Waals surface area contributed by atoms with E-state index in [-0.39, 0.29) is 70.2 Å². The number of aliphatic hydroxyl groups excluding tert-OH is 6.